The van der Waals surface area contributed by atoms with Gasteiger partial charge in [0.25, 0.3) is 10.0 Å². The van der Waals surface area contributed by atoms with Crippen molar-refractivity contribution in [3.8, 4) is 0 Å². The average molecular weight is 316 g/mol. The number of imidazole rings is 1. The lowest BCUT2D eigenvalue weighted by atomic mass is 10.2. The smallest absolute Gasteiger partial charge is 0.326 e. The van der Waals surface area contributed by atoms with Crippen LogP contribution in [0.5, 0.6) is 0 Å². The first-order valence-electron chi connectivity index (χ1n) is 6.31. The number of rotatable bonds is 5. The van der Waals surface area contributed by atoms with Crippen molar-refractivity contribution in [2.75, 3.05) is 13.1 Å². The molecule has 1 amide bonds. The summed E-state index contributed by atoms with van der Waals surface area (Å²) in [4.78, 5) is 27.8. The summed E-state index contributed by atoms with van der Waals surface area (Å²) in [7, 11) is -2.25. The van der Waals surface area contributed by atoms with Crippen molar-refractivity contribution < 1.29 is 23.1 Å². The second-order valence-electron chi connectivity index (χ2n) is 4.79. The molecule has 9 nitrogen and oxygen atoms in total. The molecule has 1 atom stereocenters. The van der Waals surface area contributed by atoms with Gasteiger partial charge in [0.1, 0.15) is 6.04 Å². The van der Waals surface area contributed by atoms with E-state index in [1.807, 2.05) is 0 Å². The maximum atomic E-state index is 12.0. The topological polar surface area (TPSA) is 122 Å². The number of carboxylic acid groups (broad SMARTS) is 1. The van der Waals surface area contributed by atoms with E-state index in [4.69, 9.17) is 5.11 Å². The number of sulfonamides is 1. The van der Waals surface area contributed by atoms with E-state index in [0.29, 0.717) is 19.4 Å². The molecule has 2 heterocycles. The zero-order valence-electron chi connectivity index (χ0n) is 11.4. The molecule has 0 radical (unpaired) electrons. The molecule has 0 saturated carbocycles. The van der Waals surface area contributed by atoms with Crippen LogP contribution in [0.15, 0.2) is 17.6 Å². The Balaban J connectivity index is 1.99. The third-order valence-corrected chi connectivity index (χ3v) is 4.51. The lowest BCUT2D eigenvalue weighted by molar-refractivity contribution is -0.147. The van der Waals surface area contributed by atoms with Crippen molar-refractivity contribution in [2.24, 2.45) is 7.05 Å². The summed E-state index contributed by atoms with van der Waals surface area (Å²) in [6, 6.07) is -0.878. The van der Waals surface area contributed by atoms with Crippen molar-refractivity contribution in [3.63, 3.8) is 0 Å². The zero-order valence-corrected chi connectivity index (χ0v) is 12.2. The molecule has 21 heavy (non-hydrogen) atoms. The van der Waals surface area contributed by atoms with Crippen LogP contribution in [0.2, 0.25) is 0 Å². The molecule has 10 heteroatoms. The number of hydrogen-bond acceptors (Lipinski definition) is 5. The van der Waals surface area contributed by atoms with Gasteiger partial charge in [0.2, 0.25) is 5.91 Å². The maximum absolute atomic E-state index is 12.0. The number of hydrogen-bond donors (Lipinski definition) is 2. The summed E-state index contributed by atoms with van der Waals surface area (Å²) in [6.45, 7) is -0.163. The molecule has 116 valence electrons. The third kappa shape index (κ3) is 3.39. The number of carbonyl (C=O) groups excluding carboxylic acids is 1. The summed E-state index contributed by atoms with van der Waals surface area (Å²) >= 11 is 0. The molecule has 1 aromatic rings. The van der Waals surface area contributed by atoms with Crippen molar-refractivity contribution in [3.05, 3.63) is 12.5 Å². The van der Waals surface area contributed by atoms with E-state index in [-0.39, 0.29) is 5.03 Å². The van der Waals surface area contributed by atoms with Crippen molar-refractivity contribution in [2.45, 2.75) is 23.9 Å². The number of amides is 1. The molecule has 1 aromatic heterocycles. The highest BCUT2D eigenvalue weighted by Gasteiger charge is 2.34. The first kappa shape index (κ1) is 15.4. The van der Waals surface area contributed by atoms with E-state index >= 15 is 0 Å². The predicted octanol–water partition coefficient (Wildman–Crippen LogP) is -1.23. The SMILES string of the molecule is Cn1cnc(S(=O)(=O)NCC(=O)N2CCC[C@@H]2C(=O)O)c1. The molecule has 1 aliphatic heterocycles. The molecule has 0 aromatic carbocycles. The Morgan fingerprint density at radius 3 is 2.81 bits per heavy atom. The van der Waals surface area contributed by atoms with Crippen LogP contribution in [-0.2, 0) is 26.7 Å². The Morgan fingerprint density at radius 1 is 1.52 bits per heavy atom. The first-order chi connectivity index (χ1) is 9.81. The molecule has 0 aliphatic carbocycles. The van der Waals surface area contributed by atoms with Crippen LogP contribution in [-0.4, -0.2) is 59.0 Å². The minimum atomic E-state index is -3.88. The summed E-state index contributed by atoms with van der Waals surface area (Å²) in [5, 5.41) is 8.81. The number of likely N-dealkylation sites (tertiary alicyclic amines) is 1. The number of nitrogens with one attached hydrogen (secondary N) is 1. The molecule has 1 fully saturated rings. The number of aromatic nitrogens is 2. The molecule has 1 saturated heterocycles. The highest BCUT2D eigenvalue weighted by atomic mass is 32.2. The lowest BCUT2D eigenvalue weighted by Crippen LogP contribution is -2.45. The van der Waals surface area contributed by atoms with Crippen LogP contribution in [0, 0.1) is 0 Å². The second-order valence-corrected chi connectivity index (χ2v) is 6.50. The fourth-order valence-electron chi connectivity index (χ4n) is 2.18. The van der Waals surface area contributed by atoms with Gasteiger partial charge in [0.15, 0.2) is 5.03 Å². The fourth-order valence-corrected chi connectivity index (χ4v) is 3.13. The highest BCUT2D eigenvalue weighted by molar-refractivity contribution is 7.89. The minimum Gasteiger partial charge on any atom is -0.480 e. The van der Waals surface area contributed by atoms with E-state index in [9.17, 15) is 18.0 Å². The van der Waals surface area contributed by atoms with Crippen LogP contribution < -0.4 is 4.72 Å². The van der Waals surface area contributed by atoms with E-state index < -0.39 is 34.5 Å². The predicted molar refractivity (Wildman–Crippen MR) is 70.8 cm³/mol. The summed E-state index contributed by atoms with van der Waals surface area (Å²) < 4.78 is 27.4. The molecule has 0 bridgehead atoms. The molecule has 2 rings (SSSR count). The van der Waals surface area contributed by atoms with Crippen LogP contribution in [0.3, 0.4) is 0 Å². The molecule has 0 spiro atoms. The second kappa shape index (κ2) is 5.82. The Labute approximate surface area is 121 Å². The lowest BCUT2D eigenvalue weighted by Gasteiger charge is -2.21. The number of aryl methyl sites for hydroxylation is 1. The van der Waals surface area contributed by atoms with Gasteiger partial charge in [-0.3, -0.25) is 4.79 Å². The number of carboxylic acids is 1. The van der Waals surface area contributed by atoms with E-state index in [1.165, 1.54) is 22.0 Å². The van der Waals surface area contributed by atoms with E-state index in [1.54, 1.807) is 7.05 Å². The molecule has 0 unspecified atom stereocenters. The molecule has 1 aliphatic rings. The Bertz CT molecular complexity index is 653. The van der Waals surface area contributed by atoms with E-state index in [0.717, 1.165) is 0 Å². The van der Waals surface area contributed by atoms with Crippen LogP contribution in [0.25, 0.3) is 0 Å². The van der Waals surface area contributed by atoms with Gasteiger partial charge in [-0.25, -0.2) is 22.9 Å². The first-order valence-corrected chi connectivity index (χ1v) is 7.79. The van der Waals surface area contributed by atoms with Gasteiger partial charge in [-0.2, -0.15) is 0 Å². The van der Waals surface area contributed by atoms with Crippen LogP contribution in [0.1, 0.15) is 12.8 Å². The van der Waals surface area contributed by atoms with Crippen molar-refractivity contribution in [1.29, 1.82) is 0 Å². The van der Waals surface area contributed by atoms with Gasteiger partial charge in [0.05, 0.1) is 12.9 Å². The summed E-state index contributed by atoms with van der Waals surface area (Å²) in [5.74, 6) is -1.63. The van der Waals surface area contributed by atoms with Crippen molar-refractivity contribution in [1.82, 2.24) is 19.2 Å². The quantitative estimate of drug-likeness (QED) is 0.702. The summed E-state index contributed by atoms with van der Waals surface area (Å²) in [5.41, 5.74) is 0. The zero-order chi connectivity index (χ0) is 15.6. The molecular weight excluding hydrogens is 300 g/mol. The number of nitrogens with zero attached hydrogens (tertiary/aromatic N) is 3. The monoisotopic (exact) mass is 316 g/mol. The highest BCUT2D eigenvalue weighted by Crippen LogP contribution is 2.17. The average Bonchev–Trinajstić information content (AvgIpc) is 3.04. The molecule has 2 N–H and O–H groups in total. The van der Waals surface area contributed by atoms with Crippen molar-refractivity contribution >= 4 is 21.9 Å². The van der Waals surface area contributed by atoms with Gasteiger partial charge in [0, 0.05) is 19.8 Å². The normalized spacial score (nSPS) is 18.9. The number of aliphatic carboxylic acids is 1. The standard InChI is InChI=1S/C11H16N4O5S/c1-14-6-9(12-7-14)21(19,20)13-5-10(16)15-4-2-3-8(15)11(17)18/h6-8,13H,2-5H2,1H3,(H,17,18)/t8-/m1/s1. The Morgan fingerprint density at radius 2 is 2.24 bits per heavy atom. The van der Waals surface area contributed by atoms with Gasteiger partial charge in [-0.05, 0) is 12.8 Å². The van der Waals surface area contributed by atoms with Gasteiger partial charge in [-0.15, -0.1) is 0 Å². The van der Waals surface area contributed by atoms with Gasteiger partial charge < -0.3 is 14.6 Å². The molecular formula is C11H16N4O5S. The van der Waals surface area contributed by atoms with E-state index in [2.05, 4.69) is 9.71 Å². The fraction of sp³-hybridized carbons (Fsp3) is 0.545. The minimum absolute atomic E-state index is 0.186. The maximum Gasteiger partial charge on any atom is 0.326 e. The summed E-state index contributed by atoms with van der Waals surface area (Å²) in [6.07, 6.45) is 3.61. The van der Waals surface area contributed by atoms with Gasteiger partial charge >= 0.3 is 5.97 Å². The van der Waals surface area contributed by atoms with Crippen LogP contribution >= 0.6 is 0 Å². The Hall–Kier alpha value is -1.94. The third-order valence-electron chi connectivity index (χ3n) is 3.23. The van der Waals surface area contributed by atoms with Gasteiger partial charge in [-0.1, -0.05) is 0 Å². The largest absolute Gasteiger partial charge is 0.480 e. The Kier molecular flexibility index (Phi) is 4.28. The van der Waals surface area contributed by atoms with Crippen LogP contribution in [0.4, 0.5) is 0 Å². The number of carbonyl (C=O) groups is 2.